The second-order valence-corrected chi connectivity index (χ2v) is 4.93. The van der Waals surface area contributed by atoms with Crippen molar-refractivity contribution >= 4 is 5.97 Å². The molecule has 6 heteroatoms. The number of carbonyl (C=O) groups is 1. The first kappa shape index (κ1) is 15.2. The van der Waals surface area contributed by atoms with Crippen LogP contribution < -0.4 is 0 Å². The number of hydrogen-bond acceptors (Lipinski definition) is 3. The van der Waals surface area contributed by atoms with Crippen molar-refractivity contribution in [3.05, 3.63) is 47.0 Å². The summed E-state index contributed by atoms with van der Waals surface area (Å²) in [5, 5.41) is 17.0. The van der Waals surface area contributed by atoms with Gasteiger partial charge >= 0.3 is 5.97 Å². The number of aromatic carboxylic acids is 1. The van der Waals surface area contributed by atoms with E-state index in [0.29, 0.717) is 12.2 Å². The van der Waals surface area contributed by atoms with Gasteiger partial charge in [-0.3, -0.25) is 0 Å². The first-order valence-electron chi connectivity index (χ1n) is 6.97. The molecule has 0 aliphatic rings. The molecule has 1 N–H and O–H groups in total. The van der Waals surface area contributed by atoms with Gasteiger partial charge in [0, 0.05) is 5.92 Å². The Labute approximate surface area is 122 Å². The number of halogens is 1. The molecular weight excluding hydrogens is 273 g/mol. The van der Waals surface area contributed by atoms with Crippen molar-refractivity contribution in [2.24, 2.45) is 0 Å². The zero-order valence-electron chi connectivity index (χ0n) is 12.1. The third-order valence-corrected chi connectivity index (χ3v) is 3.59. The molecule has 0 saturated carbocycles. The van der Waals surface area contributed by atoms with E-state index in [4.69, 9.17) is 0 Å². The third kappa shape index (κ3) is 3.26. The number of carboxylic acids is 1. The molecule has 0 aliphatic heterocycles. The first-order valence-corrected chi connectivity index (χ1v) is 6.97. The van der Waals surface area contributed by atoms with Crippen molar-refractivity contribution in [1.29, 1.82) is 0 Å². The number of rotatable bonds is 6. The van der Waals surface area contributed by atoms with Crippen molar-refractivity contribution in [3.8, 4) is 0 Å². The second-order valence-electron chi connectivity index (χ2n) is 4.93. The van der Waals surface area contributed by atoms with Gasteiger partial charge in [0.15, 0.2) is 5.69 Å². The summed E-state index contributed by atoms with van der Waals surface area (Å²) < 4.78 is 14.5. The van der Waals surface area contributed by atoms with Crippen LogP contribution in [-0.2, 0) is 6.54 Å². The van der Waals surface area contributed by atoms with Gasteiger partial charge in [-0.2, -0.15) is 0 Å². The molecular formula is C15H18FN3O2. The van der Waals surface area contributed by atoms with Crippen LogP contribution in [0.4, 0.5) is 4.39 Å². The van der Waals surface area contributed by atoms with E-state index in [-0.39, 0.29) is 17.4 Å². The van der Waals surface area contributed by atoms with E-state index in [0.717, 1.165) is 18.4 Å². The number of benzene rings is 1. The van der Waals surface area contributed by atoms with Gasteiger partial charge in [-0.25, -0.2) is 13.9 Å². The highest BCUT2D eigenvalue weighted by Gasteiger charge is 2.24. The quantitative estimate of drug-likeness (QED) is 0.888. The largest absolute Gasteiger partial charge is 0.476 e. The SMILES string of the molecule is CCC(CC)c1c(C(=O)O)nnn1Cc1ccc(F)cc1. The summed E-state index contributed by atoms with van der Waals surface area (Å²) in [6, 6.07) is 6.07. The van der Waals surface area contributed by atoms with E-state index < -0.39 is 5.97 Å². The molecule has 1 aromatic heterocycles. The predicted octanol–water partition coefficient (Wildman–Crippen LogP) is 3.07. The smallest absolute Gasteiger partial charge is 0.358 e. The molecule has 0 atom stereocenters. The standard InChI is InChI=1S/C15H18FN3O2/c1-3-11(4-2)14-13(15(20)21)17-18-19(14)9-10-5-7-12(16)8-6-10/h5-8,11H,3-4,9H2,1-2H3,(H,20,21). The minimum atomic E-state index is -1.07. The highest BCUT2D eigenvalue weighted by Crippen LogP contribution is 2.25. The lowest BCUT2D eigenvalue weighted by Crippen LogP contribution is -2.13. The molecule has 0 unspecified atom stereocenters. The van der Waals surface area contributed by atoms with Gasteiger partial charge < -0.3 is 5.11 Å². The highest BCUT2D eigenvalue weighted by molar-refractivity contribution is 5.86. The average molecular weight is 291 g/mol. The Bertz CT molecular complexity index is 618. The Hall–Kier alpha value is -2.24. The molecule has 2 rings (SSSR count). The monoisotopic (exact) mass is 291 g/mol. The fourth-order valence-electron chi connectivity index (χ4n) is 2.43. The lowest BCUT2D eigenvalue weighted by molar-refractivity contribution is 0.0688. The Morgan fingerprint density at radius 1 is 1.29 bits per heavy atom. The van der Waals surface area contributed by atoms with Crippen LogP contribution in [-0.4, -0.2) is 26.1 Å². The summed E-state index contributed by atoms with van der Waals surface area (Å²) >= 11 is 0. The summed E-state index contributed by atoms with van der Waals surface area (Å²) in [4.78, 5) is 11.3. The molecule has 112 valence electrons. The molecule has 0 saturated heterocycles. The molecule has 21 heavy (non-hydrogen) atoms. The molecule has 1 aromatic carbocycles. The first-order chi connectivity index (χ1) is 10.1. The van der Waals surface area contributed by atoms with Gasteiger partial charge in [-0.15, -0.1) is 5.10 Å². The van der Waals surface area contributed by atoms with Crippen LogP contribution in [0.1, 0.15) is 54.4 Å². The van der Waals surface area contributed by atoms with Crippen molar-refractivity contribution < 1.29 is 14.3 Å². The van der Waals surface area contributed by atoms with Crippen LogP contribution in [0.15, 0.2) is 24.3 Å². The number of carboxylic acid groups (broad SMARTS) is 1. The minimum absolute atomic E-state index is 0.00538. The summed E-state index contributed by atoms with van der Waals surface area (Å²) in [5.74, 6) is -1.28. The molecule has 0 bridgehead atoms. The summed E-state index contributed by atoms with van der Waals surface area (Å²) in [5.41, 5.74) is 1.49. The Balaban J connectivity index is 2.38. The van der Waals surface area contributed by atoms with Gasteiger partial charge in [0.05, 0.1) is 12.2 Å². The molecule has 5 nitrogen and oxygen atoms in total. The normalized spacial score (nSPS) is 11.0. The Morgan fingerprint density at radius 2 is 1.90 bits per heavy atom. The molecule has 0 spiro atoms. The number of hydrogen-bond donors (Lipinski definition) is 1. The van der Waals surface area contributed by atoms with Crippen molar-refractivity contribution in [2.75, 3.05) is 0 Å². The van der Waals surface area contributed by atoms with Crippen LogP contribution >= 0.6 is 0 Å². The van der Waals surface area contributed by atoms with Crippen molar-refractivity contribution in [2.45, 2.75) is 39.2 Å². The topological polar surface area (TPSA) is 68.0 Å². The zero-order chi connectivity index (χ0) is 15.4. The van der Waals surface area contributed by atoms with Crippen LogP contribution in [0.2, 0.25) is 0 Å². The number of aromatic nitrogens is 3. The lowest BCUT2D eigenvalue weighted by Gasteiger charge is -2.15. The summed E-state index contributed by atoms with van der Waals surface area (Å²) in [7, 11) is 0. The second kappa shape index (κ2) is 6.47. The van der Waals surface area contributed by atoms with E-state index in [2.05, 4.69) is 10.3 Å². The fourth-order valence-corrected chi connectivity index (χ4v) is 2.43. The van der Waals surface area contributed by atoms with E-state index >= 15 is 0 Å². The molecule has 0 amide bonds. The van der Waals surface area contributed by atoms with E-state index in [1.54, 1.807) is 16.8 Å². The molecule has 1 heterocycles. The Morgan fingerprint density at radius 3 is 2.43 bits per heavy atom. The highest BCUT2D eigenvalue weighted by atomic mass is 19.1. The van der Waals surface area contributed by atoms with Gasteiger partial charge in [0.2, 0.25) is 0 Å². The maximum atomic E-state index is 12.9. The molecule has 2 aromatic rings. The van der Waals surface area contributed by atoms with Gasteiger partial charge in [-0.05, 0) is 30.5 Å². The maximum Gasteiger partial charge on any atom is 0.358 e. The molecule has 0 aliphatic carbocycles. The summed E-state index contributed by atoms with van der Waals surface area (Å²) in [6.07, 6.45) is 1.63. The molecule has 0 radical (unpaired) electrons. The van der Waals surface area contributed by atoms with E-state index in [1.807, 2.05) is 13.8 Å². The van der Waals surface area contributed by atoms with Crippen molar-refractivity contribution in [3.63, 3.8) is 0 Å². The van der Waals surface area contributed by atoms with Crippen LogP contribution in [0.3, 0.4) is 0 Å². The summed E-state index contributed by atoms with van der Waals surface area (Å²) in [6.45, 7) is 4.40. The van der Waals surface area contributed by atoms with Crippen LogP contribution in [0.5, 0.6) is 0 Å². The van der Waals surface area contributed by atoms with Gasteiger partial charge in [-0.1, -0.05) is 31.2 Å². The molecule has 0 fully saturated rings. The minimum Gasteiger partial charge on any atom is -0.476 e. The third-order valence-electron chi connectivity index (χ3n) is 3.59. The van der Waals surface area contributed by atoms with Crippen LogP contribution in [0.25, 0.3) is 0 Å². The lowest BCUT2D eigenvalue weighted by atomic mass is 9.97. The van der Waals surface area contributed by atoms with Crippen LogP contribution in [0, 0.1) is 5.82 Å². The van der Waals surface area contributed by atoms with Crippen molar-refractivity contribution in [1.82, 2.24) is 15.0 Å². The fraction of sp³-hybridized carbons (Fsp3) is 0.400. The van der Waals surface area contributed by atoms with E-state index in [1.165, 1.54) is 12.1 Å². The van der Waals surface area contributed by atoms with Gasteiger partial charge in [0.1, 0.15) is 5.82 Å². The maximum absolute atomic E-state index is 12.9. The van der Waals surface area contributed by atoms with E-state index in [9.17, 15) is 14.3 Å². The predicted molar refractivity (Wildman–Crippen MR) is 75.8 cm³/mol. The number of nitrogens with zero attached hydrogens (tertiary/aromatic N) is 3. The van der Waals surface area contributed by atoms with Gasteiger partial charge in [0.25, 0.3) is 0 Å². The average Bonchev–Trinajstić information content (AvgIpc) is 2.87. The zero-order valence-corrected chi connectivity index (χ0v) is 12.1. The Kier molecular flexibility index (Phi) is 4.67.